The smallest absolute Gasteiger partial charge is 0.322 e. The summed E-state index contributed by atoms with van der Waals surface area (Å²) in [6.45, 7) is 0.798. The third-order valence-corrected chi connectivity index (χ3v) is 5.25. The minimum Gasteiger partial charge on any atom is -0.341 e. The fourth-order valence-electron chi connectivity index (χ4n) is 3.80. The van der Waals surface area contributed by atoms with E-state index in [1.54, 1.807) is 4.90 Å². The van der Waals surface area contributed by atoms with Crippen LogP contribution in [0.15, 0.2) is 0 Å². The monoisotopic (exact) mass is 304 g/mol. The number of nitriles is 1. The summed E-state index contributed by atoms with van der Waals surface area (Å²) >= 11 is 0. The van der Waals surface area contributed by atoms with E-state index in [4.69, 9.17) is 0 Å². The molecule has 0 atom stereocenters. The van der Waals surface area contributed by atoms with E-state index in [0.717, 1.165) is 19.3 Å². The van der Waals surface area contributed by atoms with E-state index in [9.17, 15) is 19.6 Å². The molecule has 2 saturated heterocycles. The molecule has 1 aliphatic carbocycles. The van der Waals surface area contributed by atoms with Gasteiger partial charge in [0.1, 0.15) is 11.0 Å². The molecule has 1 spiro atoms. The Morgan fingerprint density at radius 1 is 1.09 bits per heavy atom. The maximum absolute atomic E-state index is 12.8. The van der Waals surface area contributed by atoms with Crippen LogP contribution < -0.4 is 10.6 Å². The number of carbonyl (C=O) groups is 3. The van der Waals surface area contributed by atoms with Crippen LogP contribution >= 0.6 is 0 Å². The van der Waals surface area contributed by atoms with Crippen LogP contribution in [0.1, 0.15) is 44.9 Å². The predicted molar refractivity (Wildman–Crippen MR) is 76.4 cm³/mol. The molecule has 0 unspecified atom stereocenters. The number of hydrogen-bond donors (Lipinski definition) is 2. The van der Waals surface area contributed by atoms with Gasteiger partial charge in [-0.2, -0.15) is 5.26 Å². The van der Waals surface area contributed by atoms with Crippen molar-refractivity contribution >= 4 is 17.8 Å². The number of piperidine rings is 1. The van der Waals surface area contributed by atoms with Crippen LogP contribution in [0.5, 0.6) is 0 Å². The van der Waals surface area contributed by atoms with E-state index < -0.39 is 17.0 Å². The van der Waals surface area contributed by atoms with Gasteiger partial charge in [-0.1, -0.05) is 19.3 Å². The van der Waals surface area contributed by atoms with E-state index >= 15 is 0 Å². The lowest BCUT2D eigenvalue weighted by Gasteiger charge is -2.41. The summed E-state index contributed by atoms with van der Waals surface area (Å²) in [6, 6.07) is 1.78. The fraction of sp³-hybridized carbons (Fsp3) is 0.733. The molecule has 2 aliphatic heterocycles. The topological polar surface area (TPSA) is 102 Å². The van der Waals surface area contributed by atoms with E-state index in [0.29, 0.717) is 38.8 Å². The highest BCUT2D eigenvalue weighted by atomic mass is 16.2. The highest BCUT2D eigenvalue weighted by Crippen LogP contribution is 2.38. The van der Waals surface area contributed by atoms with Gasteiger partial charge in [-0.3, -0.25) is 14.9 Å². The molecule has 7 nitrogen and oxygen atoms in total. The van der Waals surface area contributed by atoms with E-state index in [-0.39, 0.29) is 11.8 Å². The Balaban J connectivity index is 1.69. The molecule has 0 aromatic heterocycles. The Labute approximate surface area is 129 Å². The fourth-order valence-corrected chi connectivity index (χ4v) is 3.80. The van der Waals surface area contributed by atoms with Crippen molar-refractivity contribution in [3.05, 3.63) is 0 Å². The number of hydrogen-bond acceptors (Lipinski definition) is 4. The Hall–Kier alpha value is -2.10. The number of nitrogens with zero attached hydrogens (tertiary/aromatic N) is 2. The van der Waals surface area contributed by atoms with Gasteiger partial charge in [-0.05, 0) is 25.7 Å². The molecule has 0 aromatic carbocycles. The highest BCUT2D eigenvalue weighted by Gasteiger charge is 2.50. The molecule has 1 saturated carbocycles. The van der Waals surface area contributed by atoms with Crippen molar-refractivity contribution in [2.24, 2.45) is 5.41 Å². The SMILES string of the molecule is N#CC1(C(=O)N2CCC3(CC2)NC(=O)NC3=O)CCCCC1. The Bertz CT molecular complexity index is 552. The summed E-state index contributed by atoms with van der Waals surface area (Å²) in [5, 5.41) is 14.4. The molecule has 0 aromatic rings. The average molecular weight is 304 g/mol. The van der Waals surface area contributed by atoms with Crippen LogP contribution in [0.3, 0.4) is 0 Å². The van der Waals surface area contributed by atoms with Gasteiger partial charge in [0.2, 0.25) is 5.91 Å². The maximum Gasteiger partial charge on any atom is 0.322 e. The lowest BCUT2D eigenvalue weighted by Crippen LogP contribution is -2.57. The first-order valence-corrected chi connectivity index (χ1v) is 7.86. The molecule has 4 amide bonds. The van der Waals surface area contributed by atoms with E-state index in [1.807, 2.05) is 0 Å². The molecule has 22 heavy (non-hydrogen) atoms. The molecule has 3 fully saturated rings. The van der Waals surface area contributed by atoms with Gasteiger partial charge in [-0.25, -0.2) is 4.79 Å². The van der Waals surface area contributed by atoms with Crippen molar-refractivity contribution in [1.29, 1.82) is 5.26 Å². The second-order valence-corrected chi connectivity index (χ2v) is 6.54. The van der Waals surface area contributed by atoms with Crippen molar-refractivity contribution in [3.63, 3.8) is 0 Å². The molecule has 3 aliphatic rings. The Kier molecular flexibility index (Phi) is 3.55. The molecule has 2 heterocycles. The predicted octanol–water partition coefficient (Wildman–Crippen LogP) is 0.661. The Morgan fingerprint density at radius 3 is 2.23 bits per heavy atom. The summed E-state index contributed by atoms with van der Waals surface area (Å²) in [4.78, 5) is 37.7. The zero-order valence-electron chi connectivity index (χ0n) is 12.5. The van der Waals surface area contributed by atoms with Crippen molar-refractivity contribution < 1.29 is 14.4 Å². The van der Waals surface area contributed by atoms with Crippen LogP contribution in [-0.2, 0) is 9.59 Å². The second kappa shape index (κ2) is 5.27. The zero-order chi connectivity index (χ0) is 15.8. The van der Waals surface area contributed by atoms with Gasteiger partial charge in [0.25, 0.3) is 5.91 Å². The molecule has 3 rings (SSSR count). The van der Waals surface area contributed by atoms with Gasteiger partial charge in [-0.15, -0.1) is 0 Å². The van der Waals surface area contributed by atoms with Crippen LogP contribution in [0.4, 0.5) is 4.79 Å². The summed E-state index contributed by atoms with van der Waals surface area (Å²) in [6.07, 6.45) is 4.95. The first kappa shape index (κ1) is 14.8. The third kappa shape index (κ3) is 2.23. The van der Waals surface area contributed by atoms with Gasteiger partial charge in [0.15, 0.2) is 0 Å². The van der Waals surface area contributed by atoms with E-state index in [2.05, 4.69) is 16.7 Å². The third-order valence-electron chi connectivity index (χ3n) is 5.25. The summed E-state index contributed by atoms with van der Waals surface area (Å²) in [5.74, 6) is -0.411. The number of carbonyl (C=O) groups excluding carboxylic acids is 3. The largest absolute Gasteiger partial charge is 0.341 e. The van der Waals surface area contributed by atoms with Crippen molar-refractivity contribution in [1.82, 2.24) is 15.5 Å². The van der Waals surface area contributed by atoms with Crippen molar-refractivity contribution in [3.8, 4) is 6.07 Å². The standard InChI is InChI=1S/C15H20N4O3/c16-10-14(4-2-1-3-5-14)12(21)19-8-6-15(7-9-19)11(20)17-13(22)18-15/h1-9H2,(H2,17,18,20,22). The lowest BCUT2D eigenvalue weighted by molar-refractivity contribution is -0.143. The second-order valence-electron chi connectivity index (χ2n) is 6.54. The van der Waals surface area contributed by atoms with Gasteiger partial charge in [0.05, 0.1) is 6.07 Å². The molecule has 0 bridgehead atoms. The zero-order valence-corrected chi connectivity index (χ0v) is 12.5. The first-order chi connectivity index (χ1) is 10.5. The normalized spacial score (nSPS) is 26.2. The first-order valence-electron chi connectivity index (χ1n) is 7.86. The summed E-state index contributed by atoms with van der Waals surface area (Å²) < 4.78 is 0. The van der Waals surface area contributed by atoms with Gasteiger partial charge >= 0.3 is 6.03 Å². The number of amides is 4. The van der Waals surface area contributed by atoms with Gasteiger partial charge in [0, 0.05) is 13.1 Å². The quantitative estimate of drug-likeness (QED) is 0.695. The number of urea groups is 1. The summed E-state index contributed by atoms with van der Waals surface area (Å²) in [5.41, 5.74) is -1.76. The molecule has 2 N–H and O–H groups in total. The molecular weight excluding hydrogens is 284 g/mol. The minimum atomic E-state index is -0.885. The van der Waals surface area contributed by atoms with Crippen LogP contribution in [-0.4, -0.2) is 41.4 Å². The van der Waals surface area contributed by atoms with Crippen molar-refractivity contribution in [2.75, 3.05) is 13.1 Å². The molecule has 0 radical (unpaired) electrons. The van der Waals surface area contributed by atoms with Crippen molar-refractivity contribution in [2.45, 2.75) is 50.5 Å². The van der Waals surface area contributed by atoms with Crippen LogP contribution in [0.25, 0.3) is 0 Å². The number of likely N-dealkylation sites (tertiary alicyclic amines) is 1. The minimum absolute atomic E-state index is 0.103. The van der Waals surface area contributed by atoms with Gasteiger partial charge < -0.3 is 10.2 Å². The molecule has 118 valence electrons. The Morgan fingerprint density at radius 2 is 1.73 bits per heavy atom. The number of nitrogens with one attached hydrogen (secondary N) is 2. The molecular formula is C15H20N4O3. The number of rotatable bonds is 1. The van der Waals surface area contributed by atoms with Crippen LogP contribution in [0, 0.1) is 16.7 Å². The number of imide groups is 1. The van der Waals surface area contributed by atoms with E-state index in [1.165, 1.54) is 0 Å². The lowest BCUT2D eigenvalue weighted by atomic mass is 9.73. The molecule has 7 heteroatoms. The highest BCUT2D eigenvalue weighted by molar-refractivity contribution is 6.07. The summed E-state index contributed by atoms with van der Waals surface area (Å²) in [7, 11) is 0. The van der Waals surface area contributed by atoms with Crippen LogP contribution in [0.2, 0.25) is 0 Å². The average Bonchev–Trinajstić information content (AvgIpc) is 2.81. The maximum atomic E-state index is 12.8.